The summed E-state index contributed by atoms with van der Waals surface area (Å²) in [4.78, 5) is 8.99. The lowest BCUT2D eigenvalue weighted by atomic mass is 10.2. The molecule has 1 aromatic heterocycles. The van der Waals surface area contributed by atoms with Crippen molar-refractivity contribution in [1.82, 2.24) is 9.97 Å². The number of nitrogens with zero attached hydrogens (tertiary/aromatic N) is 2. The second-order valence-corrected chi connectivity index (χ2v) is 6.57. The average Bonchev–Trinajstić information content (AvgIpc) is 3.09. The van der Waals surface area contributed by atoms with Crippen LogP contribution in [0.1, 0.15) is 24.1 Å². The molecule has 0 amide bonds. The second kappa shape index (κ2) is 7.89. The van der Waals surface area contributed by atoms with Gasteiger partial charge in [-0.1, -0.05) is 11.6 Å². The summed E-state index contributed by atoms with van der Waals surface area (Å²) in [6, 6.07) is 5.63. The van der Waals surface area contributed by atoms with Crippen molar-refractivity contribution >= 4 is 29.1 Å². The molecular formula is C18H23ClN4O2. The van der Waals surface area contributed by atoms with Crippen LogP contribution in [0, 0.1) is 13.8 Å². The quantitative estimate of drug-likeness (QED) is 0.806. The molecule has 1 aliphatic rings. The van der Waals surface area contributed by atoms with Crippen LogP contribution in [0.5, 0.6) is 5.75 Å². The molecular weight excluding hydrogens is 340 g/mol. The molecule has 1 unspecified atom stereocenters. The SMILES string of the molecule is COc1cc(Cl)c(C)cc1Nc1nc(C)cc(NCC2CCCO2)n1. The molecule has 2 aromatic rings. The fourth-order valence-corrected chi connectivity index (χ4v) is 2.94. The molecule has 1 aliphatic heterocycles. The maximum atomic E-state index is 6.16. The molecule has 1 atom stereocenters. The largest absolute Gasteiger partial charge is 0.495 e. The Kier molecular flexibility index (Phi) is 5.60. The third-order valence-electron chi connectivity index (χ3n) is 4.12. The Balaban J connectivity index is 1.77. The molecule has 134 valence electrons. The molecule has 0 bridgehead atoms. The van der Waals surface area contributed by atoms with Crippen LogP contribution in [-0.2, 0) is 4.74 Å². The van der Waals surface area contributed by atoms with E-state index in [4.69, 9.17) is 21.1 Å². The molecule has 0 radical (unpaired) electrons. The number of hydrogen-bond acceptors (Lipinski definition) is 6. The highest BCUT2D eigenvalue weighted by Gasteiger charge is 2.15. The highest BCUT2D eigenvalue weighted by molar-refractivity contribution is 6.31. The Labute approximate surface area is 152 Å². The van der Waals surface area contributed by atoms with Crippen molar-refractivity contribution in [3.05, 3.63) is 34.5 Å². The van der Waals surface area contributed by atoms with Crippen LogP contribution in [0.4, 0.5) is 17.5 Å². The number of ether oxygens (including phenoxy) is 2. The smallest absolute Gasteiger partial charge is 0.229 e. The zero-order valence-electron chi connectivity index (χ0n) is 14.7. The number of hydrogen-bond donors (Lipinski definition) is 2. The zero-order valence-corrected chi connectivity index (χ0v) is 15.5. The summed E-state index contributed by atoms with van der Waals surface area (Å²) in [5.74, 6) is 1.93. The molecule has 6 nitrogen and oxygen atoms in total. The molecule has 3 rings (SSSR count). The molecule has 1 fully saturated rings. The Morgan fingerprint density at radius 2 is 2.12 bits per heavy atom. The van der Waals surface area contributed by atoms with Gasteiger partial charge in [0, 0.05) is 36.0 Å². The minimum atomic E-state index is 0.255. The summed E-state index contributed by atoms with van der Waals surface area (Å²) in [7, 11) is 1.61. The molecule has 7 heteroatoms. The van der Waals surface area contributed by atoms with Gasteiger partial charge in [0.05, 0.1) is 18.9 Å². The zero-order chi connectivity index (χ0) is 17.8. The van der Waals surface area contributed by atoms with Gasteiger partial charge in [0.2, 0.25) is 5.95 Å². The topological polar surface area (TPSA) is 68.3 Å². The number of aromatic nitrogens is 2. The first-order chi connectivity index (χ1) is 12.0. The van der Waals surface area contributed by atoms with Crippen LogP contribution in [0.3, 0.4) is 0 Å². The van der Waals surface area contributed by atoms with E-state index in [1.165, 1.54) is 0 Å². The summed E-state index contributed by atoms with van der Waals surface area (Å²) in [6.45, 7) is 5.48. The van der Waals surface area contributed by atoms with E-state index in [0.717, 1.165) is 48.8 Å². The van der Waals surface area contributed by atoms with E-state index < -0.39 is 0 Å². The van der Waals surface area contributed by atoms with Crippen LogP contribution in [0.15, 0.2) is 18.2 Å². The summed E-state index contributed by atoms with van der Waals surface area (Å²) >= 11 is 6.16. The van der Waals surface area contributed by atoms with Crippen LogP contribution in [-0.4, -0.2) is 36.3 Å². The van der Waals surface area contributed by atoms with E-state index in [2.05, 4.69) is 20.6 Å². The summed E-state index contributed by atoms with van der Waals surface area (Å²) in [6.07, 6.45) is 2.46. The molecule has 2 N–H and O–H groups in total. The van der Waals surface area contributed by atoms with E-state index in [0.29, 0.717) is 16.7 Å². The third-order valence-corrected chi connectivity index (χ3v) is 4.52. The number of benzene rings is 1. The minimum absolute atomic E-state index is 0.255. The van der Waals surface area contributed by atoms with Gasteiger partial charge in [-0.15, -0.1) is 0 Å². The number of aryl methyl sites for hydroxylation is 2. The van der Waals surface area contributed by atoms with Gasteiger partial charge in [-0.2, -0.15) is 4.98 Å². The summed E-state index contributed by atoms with van der Waals surface area (Å²) in [5.41, 5.74) is 2.60. The van der Waals surface area contributed by atoms with Gasteiger partial charge in [-0.3, -0.25) is 0 Å². The van der Waals surface area contributed by atoms with E-state index in [1.807, 2.05) is 26.0 Å². The monoisotopic (exact) mass is 362 g/mol. The van der Waals surface area contributed by atoms with Crippen molar-refractivity contribution in [2.24, 2.45) is 0 Å². The predicted molar refractivity (Wildman–Crippen MR) is 100 cm³/mol. The predicted octanol–water partition coefficient (Wildman–Crippen LogP) is 4.09. The van der Waals surface area contributed by atoms with Crippen LogP contribution < -0.4 is 15.4 Å². The maximum absolute atomic E-state index is 6.16. The molecule has 1 saturated heterocycles. The number of nitrogens with one attached hydrogen (secondary N) is 2. The molecule has 1 aromatic carbocycles. The highest BCUT2D eigenvalue weighted by Crippen LogP contribution is 2.32. The van der Waals surface area contributed by atoms with Crippen molar-refractivity contribution in [3.63, 3.8) is 0 Å². The fraction of sp³-hybridized carbons (Fsp3) is 0.444. The normalized spacial score (nSPS) is 16.7. The Morgan fingerprint density at radius 1 is 1.28 bits per heavy atom. The van der Waals surface area contributed by atoms with E-state index in [1.54, 1.807) is 13.2 Å². The van der Waals surface area contributed by atoms with Crippen molar-refractivity contribution in [2.75, 3.05) is 30.9 Å². The van der Waals surface area contributed by atoms with Gasteiger partial charge < -0.3 is 20.1 Å². The fourth-order valence-electron chi connectivity index (χ4n) is 2.79. The van der Waals surface area contributed by atoms with Gasteiger partial charge >= 0.3 is 0 Å². The first-order valence-corrected chi connectivity index (χ1v) is 8.75. The molecule has 0 spiro atoms. The Hall–Kier alpha value is -2.05. The lowest BCUT2D eigenvalue weighted by Crippen LogP contribution is -2.19. The van der Waals surface area contributed by atoms with Crippen molar-refractivity contribution in [2.45, 2.75) is 32.8 Å². The number of methoxy groups -OCH3 is 1. The van der Waals surface area contributed by atoms with Gasteiger partial charge in [-0.25, -0.2) is 4.98 Å². The second-order valence-electron chi connectivity index (χ2n) is 6.16. The molecule has 0 saturated carbocycles. The molecule has 0 aliphatic carbocycles. The van der Waals surface area contributed by atoms with E-state index in [9.17, 15) is 0 Å². The van der Waals surface area contributed by atoms with E-state index >= 15 is 0 Å². The lowest BCUT2D eigenvalue weighted by molar-refractivity contribution is 0.120. The van der Waals surface area contributed by atoms with Crippen molar-refractivity contribution in [3.8, 4) is 5.75 Å². The van der Waals surface area contributed by atoms with E-state index in [-0.39, 0.29) is 6.10 Å². The van der Waals surface area contributed by atoms with Gasteiger partial charge in [-0.05, 0) is 38.3 Å². The minimum Gasteiger partial charge on any atom is -0.495 e. The molecule has 25 heavy (non-hydrogen) atoms. The highest BCUT2D eigenvalue weighted by atomic mass is 35.5. The average molecular weight is 363 g/mol. The van der Waals surface area contributed by atoms with Crippen molar-refractivity contribution in [1.29, 1.82) is 0 Å². The third kappa shape index (κ3) is 4.52. The lowest BCUT2D eigenvalue weighted by Gasteiger charge is -2.15. The van der Waals surface area contributed by atoms with Crippen LogP contribution in [0.25, 0.3) is 0 Å². The summed E-state index contributed by atoms with van der Waals surface area (Å²) < 4.78 is 11.0. The van der Waals surface area contributed by atoms with Crippen LogP contribution >= 0.6 is 11.6 Å². The van der Waals surface area contributed by atoms with Gasteiger partial charge in [0.1, 0.15) is 11.6 Å². The Morgan fingerprint density at radius 3 is 2.84 bits per heavy atom. The number of anilines is 3. The first-order valence-electron chi connectivity index (χ1n) is 8.37. The standard InChI is InChI=1S/C18H23ClN4O2/c1-11-7-15(16(24-3)9-14(11)19)22-18-21-12(2)8-17(23-18)20-10-13-5-4-6-25-13/h7-9,13H,4-6,10H2,1-3H3,(H2,20,21,22,23). The summed E-state index contributed by atoms with van der Waals surface area (Å²) in [5, 5.41) is 7.22. The van der Waals surface area contributed by atoms with Gasteiger partial charge in [0.15, 0.2) is 0 Å². The molecule has 2 heterocycles. The van der Waals surface area contributed by atoms with Gasteiger partial charge in [0.25, 0.3) is 0 Å². The maximum Gasteiger partial charge on any atom is 0.229 e. The number of rotatable bonds is 6. The Bertz CT molecular complexity index is 748. The van der Waals surface area contributed by atoms with Crippen molar-refractivity contribution < 1.29 is 9.47 Å². The van der Waals surface area contributed by atoms with Crippen LogP contribution in [0.2, 0.25) is 5.02 Å². The first kappa shape index (κ1) is 17.8. The number of halogens is 1.